The van der Waals surface area contributed by atoms with Crippen LogP contribution in [-0.4, -0.2) is 15.7 Å². The van der Waals surface area contributed by atoms with Gasteiger partial charge in [0.15, 0.2) is 0 Å². The lowest BCUT2D eigenvalue weighted by atomic mass is 9.84. The Morgan fingerprint density at radius 2 is 1.78 bits per heavy atom. The lowest BCUT2D eigenvalue weighted by molar-refractivity contribution is 0.102. The molecule has 0 radical (unpaired) electrons. The summed E-state index contributed by atoms with van der Waals surface area (Å²) in [5.74, 6) is -0.117. The maximum atomic E-state index is 13.6. The highest BCUT2D eigenvalue weighted by molar-refractivity contribution is 7.46. The zero-order valence-electron chi connectivity index (χ0n) is 19.8. The number of nitrogens with one attached hydrogen (secondary N) is 2. The van der Waals surface area contributed by atoms with Crippen LogP contribution in [0.15, 0.2) is 66.7 Å². The van der Waals surface area contributed by atoms with Gasteiger partial charge in [-0.25, -0.2) is 8.96 Å². The van der Waals surface area contributed by atoms with Crippen LogP contribution < -0.4 is 15.2 Å². The maximum absolute atomic E-state index is 13.6. The van der Waals surface area contributed by atoms with E-state index in [4.69, 9.17) is 9.79 Å². The van der Waals surface area contributed by atoms with Gasteiger partial charge in [-0.15, -0.1) is 0 Å². The molecular formula is C27H30FN2O5P. The molecule has 4 N–H and O–H groups in total. The molecule has 3 aromatic carbocycles. The van der Waals surface area contributed by atoms with Crippen LogP contribution in [0.3, 0.4) is 0 Å². The van der Waals surface area contributed by atoms with Gasteiger partial charge in [-0.3, -0.25) is 14.6 Å². The fourth-order valence-corrected chi connectivity index (χ4v) is 4.98. The minimum absolute atomic E-state index is 0.0454. The average Bonchev–Trinajstić information content (AvgIpc) is 2.83. The predicted octanol–water partition coefficient (Wildman–Crippen LogP) is 6.28. The molecule has 1 aliphatic carbocycles. The van der Waals surface area contributed by atoms with E-state index in [1.165, 1.54) is 49.6 Å². The molecule has 0 aliphatic heterocycles. The third-order valence-electron chi connectivity index (χ3n) is 6.29. The van der Waals surface area contributed by atoms with Crippen LogP contribution in [0.1, 0.15) is 53.6 Å². The summed E-state index contributed by atoms with van der Waals surface area (Å²) in [7, 11) is -4.70. The molecule has 0 aromatic heterocycles. The van der Waals surface area contributed by atoms with Crippen LogP contribution in [0.25, 0.3) is 0 Å². The summed E-state index contributed by atoms with van der Waals surface area (Å²) in [5, 5.41) is 6.17. The summed E-state index contributed by atoms with van der Waals surface area (Å²) in [6, 6.07) is 17.9. The van der Waals surface area contributed by atoms with Crippen molar-refractivity contribution in [2.75, 3.05) is 10.6 Å². The summed E-state index contributed by atoms with van der Waals surface area (Å²) in [6.45, 7) is 0.466. The topological polar surface area (TPSA) is 108 Å². The molecule has 7 nitrogen and oxygen atoms in total. The number of amides is 1. The third-order valence-corrected chi connectivity index (χ3v) is 6.74. The molecular weight excluding hydrogens is 482 g/mol. The van der Waals surface area contributed by atoms with Gasteiger partial charge >= 0.3 is 7.82 Å². The number of halogens is 1. The van der Waals surface area contributed by atoms with E-state index in [9.17, 15) is 13.8 Å². The van der Waals surface area contributed by atoms with Gasteiger partial charge in [0.25, 0.3) is 5.91 Å². The summed E-state index contributed by atoms with van der Waals surface area (Å²) >= 11 is 0. The van der Waals surface area contributed by atoms with E-state index >= 15 is 0 Å². The molecule has 3 aromatic rings. The molecule has 9 heteroatoms. The van der Waals surface area contributed by atoms with Crippen molar-refractivity contribution < 1.29 is 28.1 Å². The molecule has 1 fully saturated rings. The monoisotopic (exact) mass is 512 g/mol. The summed E-state index contributed by atoms with van der Waals surface area (Å²) < 4.78 is 29.3. The predicted molar refractivity (Wildman–Crippen MR) is 138 cm³/mol. The minimum atomic E-state index is -4.70. The van der Waals surface area contributed by atoms with Gasteiger partial charge in [0.1, 0.15) is 11.6 Å². The number of anilines is 2. The molecule has 0 bridgehead atoms. The van der Waals surface area contributed by atoms with Crippen molar-refractivity contribution in [1.29, 1.82) is 0 Å². The van der Waals surface area contributed by atoms with E-state index in [1.807, 2.05) is 18.2 Å². The Morgan fingerprint density at radius 3 is 2.53 bits per heavy atom. The standard InChI is InChI=1S/C27H30FN2O5P/c28-23-9-4-8-20(15-23)18-29-26-13-12-21(16-22(26)14-19-6-2-1-3-7-19)27(31)30-24-10-5-11-25(17-24)35-36(32,33)34/h4-5,8-13,15-17,19,29H,1-3,6-7,14,18H2,(H,30,31)(H2,32,33,34). The summed E-state index contributed by atoms with van der Waals surface area (Å²) in [5.41, 5.74) is 3.60. The van der Waals surface area contributed by atoms with Crippen molar-refractivity contribution in [3.05, 3.63) is 89.2 Å². The lowest BCUT2D eigenvalue weighted by Gasteiger charge is -2.23. The molecule has 1 amide bonds. The van der Waals surface area contributed by atoms with Crippen LogP contribution >= 0.6 is 7.82 Å². The van der Waals surface area contributed by atoms with Crippen LogP contribution in [0, 0.1) is 11.7 Å². The third kappa shape index (κ3) is 7.65. The molecule has 0 heterocycles. The molecule has 0 unspecified atom stereocenters. The second kappa shape index (κ2) is 11.7. The Hall–Kier alpha value is -3.19. The highest BCUT2D eigenvalue weighted by atomic mass is 31.2. The van der Waals surface area contributed by atoms with E-state index in [2.05, 4.69) is 15.2 Å². The van der Waals surface area contributed by atoms with Crippen molar-refractivity contribution in [3.8, 4) is 5.75 Å². The molecule has 0 atom stereocenters. The van der Waals surface area contributed by atoms with Gasteiger partial charge < -0.3 is 15.2 Å². The highest BCUT2D eigenvalue weighted by Gasteiger charge is 2.19. The number of phosphoric acid groups is 1. The highest BCUT2D eigenvalue weighted by Crippen LogP contribution is 2.38. The quantitative estimate of drug-likeness (QED) is 0.251. The molecule has 1 saturated carbocycles. The van der Waals surface area contributed by atoms with Gasteiger partial charge in [0, 0.05) is 29.5 Å². The fourth-order valence-electron chi connectivity index (χ4n) is 4.59. The van der Waals surface area contributed by atoms with Crippen molar-refractivity contribution >= 4 is 25.1 Å². The Kier molecular flexibility index (Phi) is 8.41. The average molecular weight is 513 g/mol. The van der Waals surface area contributed by atoms with Crippen LogP contribution in [0.4, 0.5) is 15.8 Å². The van der Waals surface area contributed by atoms with Crippen molar-refractivity contribution in [2.45, 2.75) is 45.1 Å². The molecule has 4 rings (SSSR count). The summed E-state index contributed by atoms with van der Waals surface area (Å²) in [6.07, 6.45) is 6.85. The van der Waals surface area contributed by atoms with Crippen LogP contribution in [0.2, 0.25) is 0 Å². The van der Waals surface area contributed by atoms with Gasteiger partial charge in [0.2, 0.25) is 0 Å². The fraction of sp³-hybridized carbons (Fsp3) is 0.296. The first kappa shape index (κ1) is 25.9. The first-order valence-corrected chi connectivity index (χ1v) is 13.6. The number of phosphoric ester groups is 1. The number of hydrogen-bond donors (Lipinski definition) is 4. The number of rotatable bonds is 9. The van der Waals surface area contributed by atoms with E-state index in [0.717, 1.165) is 36.1 Å². The zero-order valence-corrected chi connectivity index (χ0v) is 20.7. The SMILES string of the molecule is O=C(Nc1cccc(OP(=O)(O)O)c1)c1ccc(NCc2cccc(F)c2)c(CC2CCCCC2)c1. The van der Waals surface area contributed by atoms with Crippen molar-refractivity contribution in [1.82, 2.24) is 0 Å². The smallest absolute Gasteiger partial charge is 0.404 e. The molecule has 190 valence electrons. The minimum Gasteiger partial charge on any atom is -0.404 e. The first-order chi connectivity index (χ1) is 17.2. The maximum Gasteiger partial charge on any atom is 0.524 e. The molecule has 0 saturated heterocycles. The van der Waals surface area contributed by atoms with E-state index < -0.39 is 7.82 Å². The van der Waals surface area contributed by atoms with Crippen LogP contribution in [-0.2, 0) is 17.5 Å². The van der Waals surface area contributed by atoms with E-state index in [0.29, 0.717) is 23.7 Å². The summed E-state index contributed by atoms with van der Waals surface area (Å²) in [4.78, 5) is 31.1. The number of hydrogen-bond acceptors (Lipinski definition) is 4. The Balaban J connectivity index is 1.52. The molecule has 36 heavy (non-hydrogen) atoms. The molecule has 1 aliphatic rings. The second-order valence-corrected chi connectivity index (χ2v) is 10.3. The number of carbonyl (C=O) groups is 1. The largest absolute Gasteiger partial charge is 0.524 e. The van der Waals surface area contributed by atoms with Crippen molar-refractivity contribution in [2.24, 2.45) is 5.92 Å². The van der Waals surface area contributed by atoms with Crippen LogP contribution in [0.5, 0.6) is 5.75 Å². The van der Waals surface area contributed by atoms with E-state index in [1.54, 1.807) is 18.2 Å². The van der Waals surface area contributed by atoms with Gasteiger partial charge in [-0.05, 0) is 65.9 Å². The Labute approximate surface area is 210 Å². The van der Waals surface area contributed by atoms with E-state index in [-0.39, 0.29) is 17.5 Å². The molecule has 0 spiro atoms. The lowest BCUT2D eigenvalue weighted by Crippen LogP contribution is -2.15. The van der Waals surface area contributed by atoms with Gasteiger partial charge in [-0.1, -0.05) is 50.3 Å². The zero-order chi connectivity index (χ0) is 25.5. The first-order valence-electron chi connectivity index (χ1n) is 12.0. The number of benzene rings is 3. The second-order valence-electron chi connectivity index (χ2n) is 9.13. The van der Waals surface area contributed by atoms with Gasteiger partial charge in [-0.2, -0.15) is 0 Å². The Bertz CT molecular complexity index is 1260. The number of carbonyl (C=O) groups excluding carboxylic acids is 1. The van der Waals surface area contributed by atoms with Gasteiger partial charge in [0.05, 0.1) is 0 Å². The van der Waals surface area contributed by atoms with Crippen molar-refractivity contribution in [3.63, 3.8) is 0 Å². The Morgan fingerprint density at radius 1 is 1.00 bits per heavy atom. The normalized spacial score (nSPS) is 14.3.